The summed E-state index contributed by atoms with van der Waals surface area (Å²) in [5.41, 5.74) is 2.57. The van der Waals surface area contributed by atoms with Gasteiger partial charge in [-0.15, -0.1) is 0 Å². The minimum Gasteiger partial charge on any atom is -0.394 e. The molecule has 0 aliphatic carbocycles. The standard InChI is InChI=1S/C22H38O7/c1-20(18-22-5-3-4-21(19-22)6-8-24-2)29-17-16-28-15-14-27-13-12-26-11-10-25-9-7-23/h3-5,19-20,23H,6-18H2,1-2H3. The van der Waals surface area contributed by atoms with Crippen LogP contribution < -0.4 is 0 Å². The molecule has 29 heavy (non-hydrogen) atoms. The summed E-state index contributed by atoms with van der Waals surface area (Å²) in [5, 5.41) is 8.55. The molecule has 0 saturated carbocycles. The van der Waals surface area contributed by atoms with Gasteiger partial charge in [0.2, 0.25) is 0 Å². The van der Waals surface area contributed by atoms with Crippen LogP contribution in [0.2, 0.25) is 0 Å². The highest BCUT2D eigenvalue weighted by molar-refractivity contribution is 5.24. The van der Waals surface area contributed by atoms with Crippen LogP contribution in [0.1, 0.15) is 18.1 Å². The number of hydrogen-bond acceptors (Lipinski definition) is 7. The molecular weight excluding hydrogens is 376 g/mol. The lowest BCUT2D eigenvalue weighted by atomic mass is 10.0. The van der Waals surface area contributed by atoms with Crippen LogP contribution in [-0.4, -0.2) is 91.0 Å². The van der Waals surface area contributed by atoms with Crippen molar-refractivity contribution in [1.82, 2.24) is 0 Å². The highest BCUT2D eigenvalue weighted by Crippen LogP contribution is 2.10. The Labute approximate surface area is 175 Å². The molecule has 0 heterocycles. The first-order valence-corrected chi connectivity index (χ1v) is 10.4. The Hall–Kier alpha value is -1.06. The maximum Gasteiger partial charge on any atom is 0.0704 e. The van der Waals surface area contributed by atoms with Gasteiger partial charge in [-0.05, 0) is 30.9 Å². The summed E-state index contributed by atoms with van der Waals surface area (Å²) in [6.45, 7) is 7.46. The normalized spacial score (nSPS) is 12.4. The average Bonchev–Trinajstić information content (AvgIpc) is 2.72. The molecule has 0 aliphatic rings. The maximum atomic E-state index is 8.55. The summed E-state index contributed by atoms with van der Waals surface area (Å²) >= 11 is 0. The van der Waals surface area contributed by atoms with Crippen LogP contribution in [0.4, 0.5) is 0 Å². The largest absolute Gasteiger partial charge is 0.394 e. The Kier molecular flexibility index (Phi) is 17.0. The van der Waals surface area contributed by atoms with Gasteiger partial charge < -0.3 is 33.5 Å². The number of ether oxygens (including phenoxy) is 6. The Morgan fingerprint density at radius 2 is 1.31 bits per heavy atom. The first-order valence-electron chi connectivity index (χ1n) is 10.4. The third kappa shape index (κ3) is 15.4. The average molecular weight is 415 g/mol. The van der Waals surface area contributed by atoms with E-state index in [-0.39, 0.29) is 12.7 Å². The van der Waals surface area contributed by atoms with Crippen LogP contribution in [0.15, 0.2) is 24.3 Å². The summed E-state index contributed by atoms with van der Waals surface area (Å²) in [5.74, 6) is 0. The summed E-state index contributed by atoms with van der Waals surface area (Å²) in [6, 6.07) is 8.57. The molecular formula is C22H38O7. The highest BCUT2D eigenvalue weighted by atomic mass is 16.6. The third-order valence-electron chi connectivity index (χ3n) is 4.09. The first-order chi connectivity index (χ1) is 14.3. The smallest absolute Gasteiger partial charge is 0.0704 e. The fraction of sp³-hybridized carbons (Fsp3) is 0.727. The van der Waals surface area contributed by atoms with Gasteiger partial charge in [-0.25, -0.2) is 0 Å². The quantitative estimate of drug-likeness (QED) is 0.327. The van der Waals surface area contributed by atoms with Gasteiger partial charge in [0, 0.05) is 7.11 Å². The molecule has 0 spiro atoms. The molecule has 1 aromatic rings. The van der Waals surface area contributed by atoms with E-state index in [1.807, 2.05) is 0 Å². The van der Waals surface area contributed by atoms with E-state index in [4.69, 9.17) is 33.5 Å². The van der Waals surface area contributed by atoms with Gasteiger partial charge >= 0.3 is 0 Å². The van der Waals surface area contributed by atoms with Crippen LogP contribution >= 0.6 is 0 Å². The van der Waals surface area contributed by atoms with Crippen molar-refractivity contribution in [1.29, 1.82) is 0 Å². The van der Waals surface area contributed by atoms with Crippen molar-refractivity contribution in [3.63, 3.8) is 0 Å². The fourth-order valence-electron chi connectivity index (χ4n) is 2.66. The minimum atomic E-state index is 0.0379. The van der Waals surface area contributed by atoms with Crippen LogP contribution in [0.5, 0.6) is 0 Å². The lowest BCUT2D eigenvalue weighted by molar-refractivity contribution is -0.0210. The monoisotopic (exact) mass is 414 g/mol. The van der Waals surface area contributed by atoms with E-state index in [1.54, 1.807) is 7.11 Å². The molecule has 1 unspecified atom stereocenters. The van der Waals surface area contributed by atoms with Crippen LogP contribution in [0.3, 0.4) is 0 Å². The lowest BCUT2D eigenvalue weighted by Crippen LogP contribution is -2.17. The minimum absolute atomic E-state index is 0.0379. The van der Waals surface area contributed by atoms with Gasteiger partial charge in [0.15, 0.2) is 0 Å². The Morgan fingerprint density at radius 1 is 0.759 bits per heavy atom. The summed E-state index contributed by atoms with van der Waals surface area (Å²) in [7, 11) is 1.72. The van der Waals surface area contributed by atoms with Crippen molar-refractivity contribution in [2.45, 2.75) is 25.9 Å². The van der Waals surface area contributed by atoms with Crippen LogP contribution in [0, 0.1) is 0 Å². The molecule has 7 heteroatoms. The Morgan fingerprint density at radius 3 is 1.90 bits per heavy atom. The van der Waals surface area contributed by atoms with Gasteiger partial charge in [0.05, 0.1) is 78.8 Å². The Balaban J connectivity index is 1.92. The van der Waals surface area contributed by atoms with Crippen molar-refractivity contribution in [2.75, 3.05) is 79.8 Å². The van der Waals surface area contributed by atoms with Gasteiger partial charge in [-0.2, -0.15) is 0 Å². The molecule has 1 aromatic carbocycles. The third-order valence-corrected chi connectivity index (χ3v) is 4.09. The van der Waals surface area contributed by atoms with E-state index in [9.17, 15) is 0 Å². The first kappa shape index (κ1) is 26.0. The molecule has 7 nitrogen and oxygen atoms in total. The highest BCUT2D eigenvalue weighted by Gasteiger charge is 2.05. The van der Waals surface area contributed by atoms with Crippen LogP contribution in [-0.2, 0) is 41.3 Å². The molecule has 0 saturated heterocycles. The van der Waals surface area contributed by atoms with E-state index < -0.39 is 0 Å². The van der Waals surface area contributed by atoms with Gasteiger partial charge in [0.25, 0.3) is 0 Å². The van der Waals surface area contributed by atoms with Crippen molar-refractivity contribution < 1.29 is 33.5 Å². The predicted octanol–water partition coefficient (Wildman–Crippen LogP) is 1.88. The van der Waals surface area contributed by atoms with E-state index >= 15 is 0 Å². The molecule has 0 fully saturated rings. The van der Waals surface area contributed by atoms with Crippen molar-refractivity contribution in [2.24, 2.45) is 0 Å². The van der Waals surface area contributed by atoms with Crippen LogP contribution in [0.25, 0.3) is 0 Å². The molecule has 0 aromatic heterocycles. The molecule has 1 rings (SSSR count). The number of methoxy groups -OCH3 is 1. The second-order valence-electron chi connectivity index (χ2n) is 6.62. The molecule has 0 amide bonds. The summed E-state index contributed by atoms with van der Waals surface area (Å²) in [4.78, 5) is 0. The second-order valence-corrected chi connectivity index (χ2v) is 6.62. The molecule has 0 bridgehead atoms. The molecule has 0 radical (unpaired) electrons. The summed E-state index contributed by atoms with van der Waals surface area (Å²) < 4.78 is 32.3. The lowest BCUT2D eigenvalue weighted by Gasteiger charge is -2.14. The maximum absolute atomic E-state index is 8.55. The number of rotatable bonds is 20. The number of benzene rings is 1. The second kappa shape index (κ2) is 18.9. The molecule has 1 N–H and O–H groups in total. The zero-order valence-corrected chi connectivity index (χ0v) is 18.0. The van der Waals surface area contributed by atoms with Gasteiger partial charge in [-0.1, -0.05) is 24.3 Å². The number of aliphatic hydroxyl groups excluding tert-OH is 1. The van der Waals surface area contributed by atoms with E-state index in [0.29, 0.717) is 59.5 Å². The number of aliphatic hydroxyl groups is 1. The van der Waals surface area contributed by atoms with Crippen molar-refractivity contribution >= 4 is 0 Å². The van der Waals surface area contributed by atoms with E-state index in [1.165, 1.54) is 11.1 Å². The SMILES string of the molecule is COCCc1cccc(CC(C)OCCOCCOCCOCCOCCO)c1. The topological polar surface area (TPSA) is 75.6 Å². The van der Waals surface area contributed by atoms with Crippen molar-refractivity contribution in [3.05, 3.63) is 35.4 Å². The number of hydrogen-bond donors (Lipinski definition) is 1. The fourth-order valence-corrected chi connectivity index (χ4v) is 2.66. The van der Waals surface area contributed by atoms with Gasteiger partial charge in [-0.3, -0.25) is 0 Å². The Bertz CT molecular complexity index is 484. The molecule has 1 atom stereocenters. The zero-order valence-electron chi connectivity index (χ0n) is 18.0. The zero-order chi connectivity index (χ0) is 21.0. The van der Waals surface area contributed by atoms with Gasteiger partial charge in [0.1, 0.15) is 0 Å². The van der Waals surface area contributed by atoms with E-state index in [0.717, 1.165) is 19.4 Å². The van der Waals surface area contributed by atoms with E-state index in [2.05, 4.69) is 31.2 Å². The summed E-state index contributed by atoms with van der Waals surface area (Å²) in [6.07, 6.45) is 1.96. The molecule has 168 valence electrons. The predicted molar refractivity (Wildman–Crippen MR) is 112 cm³/mol. The molecule has 0 aliphatic heterocycles. The van der Waals surface area contributed by atoms with Crippen molar-refractivity contribution in [3.8, 4) is 0 Å².